The van der Waals surface area contributed by atoms with E-state index in [1.807, 2.05) is 68.4 Å². The van der Waals surface area contributed by atoms with E-state index in [9.17, 15) is 14.4 Å². The standard InChI is InChI=1S/C27H29N3O3/c1-4-15-28-26(32)19(3)29(16-20-13-11-18(2)12-14-20)24(31)17-30-23-10-6-8-21-7-5-9-22(25(21)23)27(30)33/h5-14,19H,4,15-17H2,1-3H3,(H,28,32). The van der Waals surface area contributed by atoms with Gasteiger partial charge in [0.05, 0.1) is 5.69 Å². The highest BCUT2D eigenvalue weighted by Gasteiger charge is 2.34. The van der Waals surface area contributed by atoms with Crippen LogP contribution in [0.5, 0.6) is 0 Å². The first-order valence-electron chi connectivity index (χ1n) is 11.4. The van der Waals surface area contributed by atoms with E-state index in [2.05, 4.69) is 5.32 Å². The Morgan fingerprint density at radius 1 is 1.03 bits per heavy atom. The number of nitrogens with zero attached hydrogens (tertiary/aromatic N) is 2. The Morgan fingerprint density at radius 2 is 1.73 bits per heavy atom. The second kappa shape index (κ2) is 9.45. The molecule has 6 nitrogen and oxygen atoms in total. The normalized spacial score (nSPS) is 13.3. The molecule has 0 aromatic heterocycles. The molecule has 1 N–H and O–H groups in total. The first-order valence-corrected chi connectivity index (χ1v) is 11.4. The monoisotopic (exact) mass is 443 g/mol. The predicted molar refractivity (Wildman–Crippen MR) is 130 cm³/mol. The van der Waals surface area contributed by atoms with Crippen LogP contribution in [0.15, 0.2) is 60.7 Å². The van der Waals surface area contributed by atoms with Gasteiger partial charge in [0.15, 0.2) is 0 Å². The molecule has 3 aromatic carbocycles. The number of anilines is 1. The molecule has 0 saturated carbocycles. The zero-order valence-electron chi connectivity index (χ0n) is 19.3. The van der Waals surface area contributed by atoms with E-state index in [4.69, 9.17) is 0 Å². The molecule has 1 heterocycles. The van der Waals surface area contributed by atoms with E-state index in [-0.39, 0.29) is 24.3 Å². The van der Waals surface area contributed by atoms with Crippen molar-refractivity contribution < 1.29 is 14.4 Å². The number of aryl methyl sites for hydroxylation is 1. The van der Waals surface area contributed by atoms with Crippen LogP contribution in [0.4, 0.5) is 5.69 Å². The Balaban J connectivity index is 1.61. The highest BCUT2D eigenvalue weighted by atomic mass is 16.2. The van der Waals surface area contributed by atoms with E-state index in [1.165, 1.54) is 4.90 Å². The fourth-order valence-electron chi connectivity index (χ4n) is 4.23. The van der Waals surface area contributed by atoms with Crippen LogP contribution in [0.1, 0.15) is 41.8 Å². The topological polar surface area (TPSA) is 69.7 Å². The number of rotatable bonds is 8. The summed E-state index contributed by atoms with van der Waals surface area (Å²) in [4.78, 5) is 42.5. The second-order valence-electron chi connectivity index (χ2n) is 8.55. The second-order valence-corrected chi connectivity index (χ2v) is 8.55. The molecule has 3 amide bonds. The molecule has 0 saturated heterocycles. The van der Waals surface area contributed by atoms with Gasteiger partial charge in [0.25, 0.3) is 5.91 Å². The highest BCUT2D eigenvalue weighted by Crippen LogP contribution is 2.37. The summed E-state index contributed by atoms with van der Waals surface area (Å²) in [5, 5.41) is 4.72. The molecule has 3 aromatic rings. The van der Waals surface area contributed by atoms with Gasteiger partial charge in [-0.25, -0.2) is 0 Å². The van der Waals surface area contributed by atoms with Crippen LogP contribution < -0.4 is 10.2 Å². The molecule has 0 aliphatic carbocycles. The van der Waals surface area contributed by atoms with Crippen molar-refractivity contribution >= 4 is 34.2 Å². The van der Waals surface area contributed by atoms with Crippen molar-refractivity contribution in [1.29, 1.82) is 0 Å². The lowest BCUT2D eigenvalue weighted by Gasteiger charge is -2.30. The van der Waals surface area contributed by atoms with Gasteiger partial charge in [0.1, 0.15) is 12.6 Å². The van der Waals surface area contributed by atoms with Crippen LogP contribution in [0.25, 0.3) is 10.8 Å². The smallest absolute Gasteiger partial charge is 0.259 e. The van der Waals surface area contributed by atoms with Crippen molar-refractivity contribution in [3.8, 4) is 0 Å². The van der Waals surface area contributed by atoms with Crippen molar-refractivity contribution in [3.63, 3.8) is 0 Å². The van der Waals surface area contributed by atoms with Gasteiger partial charge in [-0.15, -0.1) is 0 Å². The SMILES string of the molecule is CCCNC(=O)C(C)N(Cc1ccc(C)cc1)C(=O)CN1C(=O)c2cccc3cccc1c23. The molecule has 1 unspecified atom stereocenters. The Hall–Kier alpha value is -3.67. The summed E-state index contributed by atoms with van der Waals surface area (Å²) in [5.74, 6) is -0.656. The number of carbonyl (C=O) groups excluding carboxylic acids is 3. The van der Waals surface area contributed by atoms with Gasteiger partial charge >= 0.3 is 0 Å². The molecule has 1 aliphatic rings. The summed E-state index contributed by atoms with van der Waals surface area (Å²) >= 11 is 0. The molecule has 1 atom stereocenters. The van der Waals surface area contributed by atoms with E-state index in [0.29, 0.717) is 18.7 Å². The fraction of sp³-hybridized carbons (Fsp3) is 0.296. The minimum absolute atomic E-state index is 0.121. The van der Waals surface area contributed by atoms with Crippen LogP contribution in [-0.2, 0) is 16.1 Å². The summed E-state index contributed by atoms with van der Waals surface area (Å²) < 4.78 is 0. The number of benzene rings is 3. The van der Waals surface area contributed by atoms with Crippen LogP contribution in [0.3, 0.4) is 0 Å². The van der Waals surface area contributed by atoms with Gasteiger partial charge in [-0.1, -0.05) is 61.0 Å². The van der Waals surface area contributed by atoms with Crippen LogP contribution in [0.2, 0.25) is 0 Å². The van der Waals surface area contributed by atoms with Gasteiger partial charge in [-0.2, -0.15) is 0 Å². The molecule has 1 aliphatic heterocycles. The van der Waals surface area contributed by atoms with E-state index < -0.39 is 6.04 Å². The summed E-state index contributed by atoms with van der Waals surface area (Å²) in [5.41, 5.74) is 3.40. The average Bonchev–Trinajstić information content (AvgIpc) is 3.09. The third kappa shape index (κ3) is 4.46. The predicted octanol–water partition coefficient (Wildman–Crippen LogP) is 4.05. The van der Waals surface area contributed by atoms with Gasteiger partial charge in [0, 0.05) is 24.0 Å². The lowest BCUT2D eigenvalue weighted by Crippen LogP contribution is -2.51. The Bertz CT molecular complexity index is 1200. The lowest BCUT2D eigenvalue weighted by molar-refractivity contribution is -0.139. The molecular formula is C27H29N3O3. The molecule has 0 spiro atoms. The molecule has 4 rings (SSSR count). The van der Waals surface area contributed by atoms with Crippen LogP contribution >= 0.6 is 0 Å². The third-order valence-electron chi connectivity index (χ3n) is 6.13. The van der Waals surface area contributed by atoms with Crippen molar-refractivity contribution in [2.24, 2.45) is 0 Å². The first kappa shape index (κ1) is 22.5. The third-order valence-corrected chi connectivity index (χ3v) is 6.13. The minimum Gasteiger partial charge on any atom is -0.354 e. The number of hydrogen-bond donors (Lipinski definition) is 1. The number of carbonyl (C=O) groups is 3. The van der Waals surface area contributed by atoms with Gasteiger partial charge < -0.3 is 10.2 Å². The van der Waals surface area contributed by atoms with Crippen molar-refractivity contribution in [3.05, 3.63) is 77.4 Å². The Labute approximate surface area is 194 Å². The summed E-state index contributed by atoms with van der Waals surface area (Å²) in [6.45, 7) is 6.45. The highest BCUT2D eigenvalue weighted by molar-refractivity contribution is 6.26. The van der Waals surface area contributed by atoms with Crippen molar-refractivity contribution in [1.82, 2.24) is 10.2 Å². The number of hydrogen-bond acceptors (Lipinski definition) is 3. The Kier molecular flexibility index (Phi) is 6.45. The summed E-state index contributed by atoms with van der Waals surface area (Å²) in [6.07, 6.45) is 0.814. The van der Waals surface area contributed by atoms with E-state index in [0.717, 1.165) is 34.0 Å². The number of nitrogens with one attached hydrogen (secondary N) is 1. The number of amides is 3. The largest absolute Gasteiger partial charge is 0.354 e. The van der Waals surface area contributed by atoms with Gasteiger partial charge in [-0.3, -0.25) is 19.3 Å². The quantitative estimate of drug-likeness (QED) is 0.571. The molecule has 0 radical (unpaired) electrons. The molecule has 33 heavy (non-hydrogen) atoms. The molecule has 0 fully saturated rings. The Morgan fingerprint density at radius 3 is 2.42 bits per heavy atom. The molecule has 6 heteroatoms. The maximum absolute atomic E-state index is 13.6. The maximum Gasteiger partial charge on any atom is 0.259 e. The zero-order valence-corrected chi connectivity index (χ0v) is 19.3. The molecule has 170 valence electrons. The maximum atomic E-state index is 13.6. The lowest BCUT2D eigenvalue weighted by atomic mass is 10.1. The van der Waals surface area contributed by atoms with Gasteiger partial charge in [-0.05, 0) is 43.4 Å². The molecule has 0 bridgehead atoms. The first-order chi connectivity index (χ1) is 15.9. The van der Waals surface area contributed by atoms with Crippen molar-refractivity contribution in [2.75, 3.05) is 18.0 Å². The minimum atomic E-state index is -0.666. The molecular weight excluding hydrogens is 414 g/mol. The fourth-order valence-corrected chi connectivity index (χ4v) is 4.23. The summed E-state index contributed by atoms with van der Waals surface area (Å²) in [6, 6.07) is 18.6. The van der Waals surface area contributed by atoms with E-state index >= 15 is 0 Å². The van der Waals surface area contributed by atoms with E-state index in [1.54, 1.807) is 17.9 Å². The summed E-state index contributed by atoms with van der Waals surface area (Å²) in [7, 11) is 0. The average molecular weight is 444 g/mol. The zero-order chi connectivity index (χ0) is 23.5. The van der Waals surface area contributed by atoms with Crippen LogP contribution in [-0.4, -0.2) is 41.8 Å². The van der Waals surface area contributed by atoms with Crippen LogP contribution in [0, 0.1) is 6.92 Å². The van der Waals surface area contributed by atoms with Gasteiger partial charge in [0.2, 0.25) is 11.8 Å². The van der Waals surface area contributed by atoms with Crippen molar-refractivity contribution in [2.45, 2.75) is 39.8 Å².